The zero-order valence-electron chi connectivity index (χ0n) is 12.3. The van der Waals surface area contributed by atoms with Crippen molar-refractivity contribution in [2.75, 3.05) is 33.9 Å². The van der Waals surface area contributed by atoms with Gasteiger partial charge in [0.05, 0.1) is 12.7 Å². The molecule has 0 aliphatic heterocycles. The molecule has 1 fully saturated rings. The van der Waals surface area contributed by atoms with Crippen molar-refractivity contribution in [3.8, 4) is 6.07 Å². The van der Waals surface area contributed by atoms with Crippen LogP contribution in [-0.2, 0) is 10.3 Å². The van der Waals surface area contributed by atoms with E-state index in [-0.39, 0.29) is 0 Å². The largest absolute Gasteiger partial charge is 0.383 e. The number of methoxy groups -OCH3 is 1. The molecule has 1 aromatic rings. The standard InChI is InChI=1S/C16H23N3O/c1-18-16(12-17,14-6-4-3-5-7-14)13-19(10-11-20-2)15-8-9-15/h3-7,15,18H,8-11,13H2,1-2H3. The lowest BCUT2D eigenvalue weighted by atomic mass is 9.90. The van der Waals surface area contributed by atoms with Crippen molar-refractivity contribution in [1.82, 2.24) is 10.2 Å². The van der Waals surface area contributed by atoms with Gasteiger partial charge in [0.25, 0.3) is 0 Å². The van der Waals surface area contributed by atoms with Gasteiger partial charge in [-0.2, -0.15) is 5.26 Å². The third-order valence-corrected chi connectivity index (χ3v) is 3.97. The first-order chi connectivity index (χ1) is 9.75. The van der Waals surface area contributed by atoms with Gasteiger partial charge < -0.3 is 4.74 Å². The molecule has 1 atom stereocenters. The minimum Gasteiger partial charge on any atom is -0.383 e. The van der Waals surface area contributed by atoms with E-state index in [1.165, 1.54) is 12.8 Å². The number of hydrogen-bond donors (Lipinski definition) is 1. The lowest BCUT2D eigenvalue weighted by molar-refractivity contribution is 0.128. The number of rotatable bonds is 8. The Morgan fingerprint density at radius 2 is 2.10 bits per heavy atom. The summed E-state index contributed by atoms with van der Waals surface area (Å²) in [4.78, 5) is 2.37. The molecule has 0 heterocycles. The highest BCUT2D eigenvalue weighted by atomic mass is 16.5. The Morgan fingerprint density at radius 3 is 2.60 bits per heavy atom. The van der Waals surface area contributed by atoms with Crippen LogP contribution in [0.1, 0.15) is 18.4 Å². The smallest absolute Gasteiger partial charge is 0.144 e. The van der Waals surface area contributed by atoms with Gasteiger partial charge in [-0.15, -0.1) is 0 Å². The molecule has 0 amide bonds. The third kappa shape index (κ3) is 3.37. The van der Waals surface area contributed by atoms with Crippen LogP contribution in [0, 0.1) is 11.3 Å². The number of nitrogens with zero attached hydrogens (tertiary/aromatic N) is 2. The second kappa shape index (κ2) is 6.85. The van der Waals surface area contributed by atoms with Gasteiger partial charge in [-0.1, -0.05) is 30.3 Å². The van der Waals surface area contributed by atoms with Crippen LogP contribution < -0.4 is 5.32 Å². The van der Waals surface area contributed by atoms with Crippen molar-refractivity contribution in [2.45, 2.75) is 24.4 Å². The Kier molecular flexibility index (Phi) is 5.13. The molecule has 0 aromatic heterocycles. The Bertz CT molecular complexity index is 453. The highest BCUT2D eigenvalue weighted by Crippen LogP contribution is 2.30. The molecule has 4 nitrogen and oxygen atoms in total. The summed E-state index contributed by atoms with van der Waals surface area (Å²) < 4.78 is 5.19. The van der Waals surface area contributed by atoms with E-state index in [0.29, 0.717) is 19.2 Å². The van der Waals surface area contributed by atoms with Gasteiger partial charge >= 0.3 is 0 Å². The van der Waals surface area contributed by atoms with Gasteiger partial charge in [-0.3, -0.25) is 10.2 Å². The second-order valence-corrected chi connectivity index (χ2v) is 5.33. The Hall–Kier alpha value is -1.41. The molecular weight excluding hydrogens is 250 g/mol. The lowest BCUT2D eigenvalue weighted by Gasteiger charge is -2.33. The lowest BCUT2D eigenvalue weighted by Crippen LogP contribution is -2.50. The molecule has 4 heteroatoms. The molecule has 0 bridgehead atoms. The van der Waals surface area contributed by atoms with Crippen LogP contribution in [0.4, 0.5) is 0 Å². The third-order valence-electron chi connectivity index (χ3n) is 3.97. The minimum absolute atomic E-state index is 0.606. The second-order valence-electron chi connectivity index (χ2n) is 5.33. The maximum atomic E-state index is 9.74. The topological polar surface area (TPSA) is 48.3 Å². The summed E-state index contributed by atoms with van der Waals surface area (Å²) in [5, 5.41) is 13.0. The van der Waals surface area contributed by atoms with E-state index in [9.17, 15) is 5.26 Å². The van der Waals surface area contributed by atoms with Crippen LogP contribution in [0.25, 0.3) is 0 Å². The van der Waals surface area contributed by atoms with Gasteiger partial charge in [0.1, 0.15) is 5.54 Å². The van der Waals surface area contributed by atoms with E-state index in [1.54, 1.807) is 7.11 Å². The van der Waals surface area contributed by atoms with E-state index in [0.717, 1.165) is 12.1 Å². The van der Waals surface area contributed by atoms with Crippen LogP contribution in [0.2, 0.25) is 0 Å². The average Bonchev–Trinajstić information content (AvgIpc) is 3.34. The molecular formula is C16H23N3O. The maximum absolute atomic E-state index is 9.74. The zero-order valence-corrected chi connectivity index (χ0v) is 12.3. The van der Waals surface area contributed by atoms with Crippen molar-refractivity contribution in [2.24, 2.45) is 0 Å². The summed E-state index contributed by atoms with van der Waals surface area (Å²) in [5.41, 5.74) is 0.366. The number of likely N-dealkylation sites (N-methyl/N-ethyl adjacent to an activating group) is 1. The van der Waals surface area contributed by atoms with Crippen molar-refractivity contribution in [3.63, 3.8) is 0 Å². The minimum atomic E-state index is -0.655. The number of nitriles is 1. The van der Waals surface area contributed by atoms with Gasteiger partial charge in [0, 0.05) is 26.2 Å². The van der Waals surface area contributed by atoms with Crippen molar-refractivity contribution >= 4 is 0 Å². The summed E-state index contributed by atoms with van der Waals surface area (Å²) in [6.45, 7) is 2.27. The van der Waals surface area contributed by atoms with Crippen LogP contribution in [0.3, 0.4) is 0 Å². The van der Waals surface area contributed by atoms with Gasteiger partial charge in [0.15, 0.2) is 0 Å². The summed E-state index contributed by atoms with van der Waals surface area (Å²) in [6.07, 6.45) is 2.45. The van der Waals surface area contributed by atoms with E-state index in [2.05, 4.69) is 16.3 Å². The summed E-state index contributed by atoms with van der Waals surface area (Å²) in [7, 11) is 3.58. The molecule has 0 radical (unpaired) electrons. The molecule has 108 valence electrons. The fourth-order valence-corrected chi connectivity index (χ4v) is 2.54. The fourth-order valence-electron chi connectivity index (χ4n) is 2.54. The molecule has 1 aromatic carbocycles. The number of benzene rings is 1. The molecule has 0 saturated heterocycles. The van der Waals surface area contributed by atoms with Crippen molar-refractivity contribution in [3.05, 3.63) is 35.9 Å². The molecule has 1 saturated carbocycles. The van der Waals surface area contributed by atoms with Crippen LogP contribution >= 0.6 is 0 Å². The van der Waals surface area contributed by atoms with Gasteiger partial charge in [0.2, 0.25) is 0 Å². The first-order valence-electron chi connectivity index (χ1n) is 7.14. The van der Waals surface area contributed by atoms with Crippen molar-refractivity contribution in [1.29, 1.82) is 5.26 Å². The molecule has 20 heavy (non-hydrogen) atoms. The average molecular weight is 273 g/mol. The Morgan fingerprint density at radius 1 is 1.40 bits per heavy atom. The van der Waals surface area contributed by atoms with E-state index >= 15 is 0 Å². The van der Waals surface area contributed by atoms with Crippen molar-refractivity contribution < 1.29 is 4.74 Å². The molecule has 1 aliphatic carbocycles. The molecule has 1 N–H and O–H groups in total. The van der Waals surface area contributed by atoms with Crippen LogP contribution in [0.15, 0.2) is 30.3 Å². The predicted molar refractivity (Wildman–Crippen MR) is 79.3 cm³/mol. The first kappa shape index (κ1) is 15.0. The van der Waals surface area contributed by atoms with E-state index in [4.69, 9.17) is 4.74 Å². The molecule has 2 rings (SSSR count). The number of hydrogen-bond acceptors (Lipinski definition) is 4. The molecule has 1 aliphatic rings. The Balaban J connectivity index is 2.17. The SMILES string of the molecule is CNC(C#N)(CN(CCOC)C1CC1)c1ccccc1. The van der Waals surface area contributed by atoms with Crippen LogP contribution in [-0.4, -0.2) is 44.8 Å². The fraction of sp³-hybridized carbons (Fsp3) is 0.562. The van der Waals surface area contributed by atoms with Crippen LogP contribution in [0.5, 0.6) is 0 Å². The summed E-state index contributed by atoms with van der Waals surface area (Å²) in [6, 6.07) is 13.1. The normalized spacial score (nSPS) is 17.7. The summed E-state index contributed by atoms with van der Waals surface area (Å²) in [5.74, 6) is 0. The molecule has 0 spiro atoms. The molecule has 1 unspecified atom stereocenters. The van der Waals surface area contributed by atoms with Gasteiger partial charge in [-0.05, 0) is 25.5 Å². The monoisotopic (exact) mass is 273 g/mol. The highest BCUT2D eigenvalue weighted by Gasteiger charge is 2.38. The van der Waals surface area contributed by atoms with E-state index < -0.39 is 5.54 Å². The predicted octanol–water partition coefficient (Wildman–Crippen LogP) is 1.74. The number of ether oxygens (including phenoxy) is 1. The Labute approximate surface area is 121 Å². The quantitative estimate of drug-likeness (QED) is 0.784. The first-order valence-corrected chi connectivity index (χ1v) is 7.14. The number of nitrogens with one attached hydrogen (secondary N) is 1. The zero-order chi connectivity index (χ0) is 14.4. The highest BCUT2D eigenvalue weighted by molar-refractivity contribution is 5.32. The maximum Gasteiger partial charge on any atom is 0.144 e. The van der Waals surface area contributed by atoms with Gasteiger partial charge in [-0.25, -0.2) is 0 Å². The van der Waals surface area contributed by atoms with E-state index in [1.807, 2.05) is 37.4 Å². The summed E-state index contributed by atoms with van der Waals surface area (Å²) >= 11 is 0.